The standard InChI is InChI=1S/C22H15BrF3N3O5S/c23-16-6-4-13(10-18(16)29(31)32)12-28(17-3-1-2-14-8-9-35(33,34)20(14)17)21(30)15-5-7-19(27-11-15)22(24,25)26/h1-7,10-11H,8-9,12H2. The van der Waals surface area contributed by atoms with E-state index in [1.807, 2.05) is 0 Å². The van der Waals surface area contributed by atoms with Crippen LogP contribution in [0.4, 0.5) is 24.5 Å². The molecule has 0 radical (unpaired) electrons. The number of hydrogen-bond donors (Lipinski definition) is 0. The zero-order valence-corrected chi connectivity index (χ0v) is 20.0. The Morgan fingerprint density at radius 2 is 1.91 bits per heavy atom. The normalized spacial score (nSPS) is 14.4. The van der Waals surface area contributed by atoms with Gasteiger partial charge in [-0.15, -0.1) is 0 Å². The first kappa shape index (κ1) is 24.8. The number of carbonyl (C=O) groups is 1. The molecule has 4 rings (SSSR count). The Kier molecular flexibility index (Phi) is 6.40. The molecule has 0 fully saturated rings. The topological polar surface area (TPSA) is 110 Å². The van der Waals surface area contributed by atoms with Gasteiger partial charge in [-0.1, -0.05) is 18.2 Å². The smallest absolute Gasteiger partial charge is 0.303 e. The molecule has 1 aromatic heterocycles. The number of nitro groups is 1. The number of pyridine rings is 1. The fourth-order valence-electron chi connectivity index (χ4n) is 3.78. The fraction of sp³-hybridized carbons (Fsp3) is 0.182. The maximum Gasteiger partial charge on any atom is 0.433 e. The highest BCUT2D eigenvalue weighted by Gasteiger charge is 2.35. The van der Waals surface area contributed by atoms with E-state index < -0.39 is 32.5 Å². The number of carbonyl (C=O) groups excluding carboxylic acids is 1. The van der Waals surface area contributed by atoms with Crippen LogP contribution in [0.15, 0.2) is 64.1 Å². The van der Waals surface area contributed by atoms with Crippen molar-refractivity contribution in [1.29, 1.82) is 0 Å². The number of halogens is 4. The van der Waals surface area contributed by atoms with E-state index in [2.05, 4.69) is 20.9 Å². The second-order valence-corrected chi connectivity index (χ2v) is 10.6. The fourth-order valence-corrected chi connectivity index (χ4v) is 5.93. The van der Waals surface area contributed by atoms with Crippen LogP contribution in [-0.4, -0.2) is 30.0 Å². The van der Waals surface area contributed by atoms with Crippen molar-refractivity contribution in [3.63, 3.8) is 0 Å². The lowest BCUT2D eigenvalue weighted by molar-refractivity contribution is -0.385. The van der Waals surface area contributed by atoms with E-state index in [1.54, 1.807) is 12.1 Å². The Balaban J connectivity index is 1.83. The highest BCUT2D eigenvalue weighted by Crippen LogP contribution is 2.37. The third kappa shape index (κ3) is 4.91. The molecule has 3 aromatic rings. The average Bonchev–Trinajstić information content (AvgIpc) is 3.12. The number of benzene rings is 2. The van der Waals surface area contributed by atoms with Gasteiger partial charge in [0.25, 0.3) is 11.6 Å². The number of aromatic nitrogens is 1. The molecule has 0 aliphatic carbocycles. The SMILES string of the molecule is O=C(c1ccc(C(F)(F)F)nc1)N(Cc1ccc(Br)c([N+](=O)[O-])c1)c1cccc2c1S(=O)(=O)CC2. The summed E-state index contributed by atoms with van der Waals surface area (Å²) in [4.78, 5) is 28.6. The van der Waals surface area contributed by atoms with Gasteiger partial charge < -0.3 is 4.90 Å². The van der Waals surface area contributed by atoms with Crippen LogP contribution in [0.3, 0.4) is 0 Å². The minimum atomic E-state index is -4.70. The summed E-state index contributed by atoms with van der Waals surface area (Å²) in [7, 11) is -3.72. The van der Waals surface area contributed by atoms with Crippen molar-refractivity contribution < 1.29 is 31.3 Å². The molecule has 0 unspecified atom stereocenters. The van der Waals surface area contributed by atoms with Crippen LogP contribution in [0.5, 0.6) is 0 Å². The molecule has 1 aliphatic heterocycles. The van der Waals surface area contributed by atoms with E-state index in [1.165, 1.54) is 24.3 Å². The molecule has 0 atom stereocenters. The van der Waals surface area contributed by atoms with Gasteiger partial charge in [0.1, 0.15) is 5.69 Å². The van der Waals surface area contributed by atoms with E-state index >= 15 is 0 Å². The van der Waals surface area contributed by atoms with E-state index in [9.17, 15) is 36.5 Å². The van der Waals surface area contributed by atoms with Crippen molar-refractivity contribution >= 4 is 43.0 Å². The van der Waals surface area contributed by atoms with Crippen molar-refractivity contribution in [2.75, 3.05) is 10.7 Å². The number of rotatable bonds is 5. The van der Waals surface area contributed by atoms with Gasteiger partial charge in [0.15, 0.2) is 9.84 Å². The van der Waals surface area contributed by atoms with Crippen LogP contribution in [0.2, 0.25) is 0 Å². The second-order valence-electron chi connectivity index (χ2n) is 7.70. The van der Waals surface area contributed by atoms with Crippen LogP contribution >= 0.6 is 15.9 Å². The first-order valence-electron chi connectivity index (χ1n) is 10.0. The summed E-state index contributed by atoms with van der Waals surface area (Å²) in [5, 5.41) is 11.4. The monoisotopic (exact) mass is 569 g/mol. The van der Waals surface area contributed by atoms with Gasteiger partial charge in [-0.05, 0) is 57.7 Å². The molecule has 35 heavy (non-hydrogen) atoms. The van der Waals surface area contributed by atoms with Crippen LogP contribution < -0.4 is 4.90 Å². The summed E-state index contributed by atoms with van der Waals surface area (Å²) >= 11 is 3.08. The number of alkyl halides is 3. The highest BCUT2D eigenvalue weighted by atomic mass is 79.9. The number of nitrogens with zero attached hydrogens (tertiary/aromatic N) is 3. The minimum Gasteiger partial charge on any atom is -0.303 e. The molecule has 2 aromatic carbocycles. The third-order valence-corrected chi connectivity index (χ3v) is 7.92. The first-order valence-corrected chi connectivity index (χ1v) is 12.5. The number of aryl methyl sites for hydroxylation is 1. The Morgan fingerprint density at radius 1 is 1.17 bits per heavy atom. The first-order chi connectivity index (χ1) is 16.4. The highest BCUT2D eigenvalue weighted by molar-refractivity contribution is 9.10. The Morgan fingerprint density at radius 3 is 2.54 bits per heavy atom. The Hall–Kier alpha value is -3.32. The van der Waals surface area contributed by atoms with Gasteiger partial charge in [-0.25, -0.2) is 8.42 Å². The van der Waals surface area contributed by atoms with Crippen molar-refractivity contribution in [1.82, 2.24) is 4.98 Å². The molecule has 0 saturated heterocycles. The average molecular weight is 570 g/mol. The molecule has 8 nitrogen and oxygen atoms in total. The third-order valence-electron chi connectivity index (χ3n) is 5.41. The number of hydrogen-bond acceptors (Lipinski definition) is 6. The number of amides is 1. The lowest BCUT2D eigenvalue weighted by Crippen LogP contribution is -2.32. The molecule has 0 N–H and O–H groups in total. The Bertz CT molecular complexity index is 1440. The predicted molar refractivity (Wildman–Crippen MR) is 123 cm³/mol. The molecule has 0 saturated carbocycles. The van der Waals surface area contributed by atoms with Crippen LogP contribution in [-0.2, 0) is 29.0 Å². The molecule has 13 heteroatoms. The number of sulfone groups is 1. The summed E-state index contributed by atoms with van der Waals surface area (Å²) in [6.07, 6.45) is -3.69. The van der Waals surface area contributed by atoms with Gasteiger partial charge >= 0.3 is 6.18 Å². The Labute approximate surface area is 205 Å². The maximum atomic E-state index is 13.5. The molecular weight excluding hydrogens is 555 g/mol. The molecule has 0 bridgehead atoms. The molecule has 182 valence electrons. The van der Waals surface area contributed by atoms with Crippen LogP contribution in [0.25, 0.3) is 0 Å². The predicted octanol–water partition coefficient (Wildman–Crippen LogP) is 4.95. The van der Waals surface area contributed by atoms with Crippen molar-refractivity contribution in [3.8, 4) is 0 Å². The summed E-state index contributed by atoms with van der Waals surface area (Å²) in [6.45, 7) is -0.278. The second kappa shape index (κ2) is 9.04. The van der Waals surface area contributed by atoms with Gasteiger partial charge in [-0.2, -0.15) is 13.2 Å². The zero-order valence-electron chi connectivity index (χ0n) is 17.6. The quantitative estimate of drug-likeness (QED) is 0.317. The maximum absolute atomic E-state index is 13.5. The van der Waals surface area contributed by atoms with E-state index in [-0.39, 0.29) is 45.0 Å². The molecular formula is C22H15BrF3N3O5S. The molecule has 2 heterocycles. The molecule has 1 aliphatic rings. The number of fused-ring (bicyclic) bond motifs is 1. The summed E-state index contributed by atoms with van der Waals surface area (Å²) in [5.74, 6) is -0.959. The lowest BCUT2D eigenvalue weighted by atomic mass is 10.1. The number of nitro benzene ring substituents is 1. The summed E-state index contributed by atoms with van der Waals surface area (Å²) in [5.41, 5.74) is -0.814. The van der Waals surface area contributed by atoms with Gasteiger partial charge in [0.05, 0.1) is 37.8 Å². The number of anilines is 1. The summed E-state index contributed by atoms with van der Waals surface area (Å²) < 4.78 is 64.5. The van der Waals surface area contributed by atoms with Crippen molar-refractivity contribution in [2.24, 2.45) is 0 Å². The van der Waals surface area contributed by atoms with E-state index in [0.29, 0.717) is 17.2 Å². The largest absolute Gasteiger partial charge is 0.433 e. The molecule has 1 amide bonds. The zero-order chi connectivity index (χ0) is 25.5. The van der Waals surface area contributed by atoms with Crippen LogP contribution in [0.1, 0.15) is 27.2 Å². The van der Waals surface area contributed by atoms with E-state index in [4.69, 9.17) is 0 Å². The minimum absolute atomic E-state index is 0.0375. The van der Waals surface area contributed by atoms with Crippen molar-refractivity contribution in [2.45, 2.75) is 24.0 Å². The molecule has 0 spiro atoms. The van der Waals surface area contributed by atoms with Gasteiger partial charge in [0.2, 0.25) is 0 Å². The van der Waals surface area contributed by atoms with Gasteiger partial charge in [-0.3, -0.25) is 19.9 Å². The summed E-state index contributed by atoms with van der Waals surface area (Å²) in [6, 6.07) is 10.4. The van der Waals surface area contributed by atoms with Crippen LogP contribution in [0, 0.1) is 10.1 Å². The van der Waals surface area contributed by atoms with Gasteiger partial charge in [0, 0.05) is 12.3 Å². The van der Waals surface area contributed by atoms with Crippen molar-refractivity contribution in [3.05, 3.63) is 91.7 Å². The lowest BCUT2D eigenvalue weighted by Gasteiger charge is -2.25. The van der Waals surface area contributed by atoms with E-state index in [0.717, 1.165) is 17.2 Å².